The SMILES string of the molecule is C/C(=N/O)c1cc(C)ccc1OCc1ccc(C)cc1Cl. The van der Waals surface area contributed by atoms with E-state index in [-0.39, 0.29) is 0 Å². The maximum absolute atomic E-state index is 8.97. The molecule has 110 valence electrons. The number of halogens is 1. The van der Waals surface area contributed by atoms with Gasteiger partial charge in [-0.2, -0.15) is 0 Å². The molecule has 0 unspecified atom stereocenters. The Kier molecular flexibility index (Phi) is 4.86. The largest absolute Gasteiger partial charge is 0.488 e. The topological polar surface area (TPSA) is 41.8 Å². The Morgan fingerprint density at radius 3 is 2.48 bits per heavy atom. The molecule has 3 nitrogen and oxygen atoms in total. The Hall–Kier alpha value is -2.00. The van der Waals surface area contributed by atoms with Gasteiger partial charge in [0.05, 0.1) is 5.71 Å². The molecule has 2 rings (SSSR count). The lowest BCUT2D eigenvalue weighted by atomic mass is 10.1. The van der Waals surface area contributed by atoms with Gasteiger partial charge in [0.2, 0.25) is 0 Å². The normalized spacial score (nSPS) is 11.5. The highest BCUT2D eigenvalue weighted by Crippen LogP contribution is 2.24. The molecule has 0 atom stereocenters. The molecule has 0 radical (unpaired) electrons. The number of nitrogens with zero attached hydrogens (tertiary/aromatic N) is 1. The van der Waals surface area contributed by atoms with E-state index in [2.05, 4.69) is 5.16 Å². The fourth-order valence-corrected chi connectivity index (χ4v) is 2.32. The third-order valence-corrected chi connectivity index (χ3v) is 3.62. The second-order valence-corrected chi connectivity index (χ2v) is 5.48. The van der Waals surface area contributed by atoms with Crippen molar-refractivity contribution in [2.75, 3.05) is 0 Å². The van der Waals surface area contributed by atoms with Crippen LogP contribution in [-0.4, -0.2) is 10.9 Å². The number of benzene rings is 2. The van der Waals surface area contributed by atoms with Crippen LogP contribution in [0.4, 0.5) is 0 Å². The highest BCUT2D eigenvalue weighted by molar-refractivity contribution is 6.31. The smallest absolute Gasteiger partial charge is 0.128 e. The van der Waals surface area contributed by atoms with Crippen LogP contribution in [0.1, 0.15) is 29.2 Å². The van der Waals surface area contributed by atoms with E-state index < -0.39 is 0 Å². The second-order valence-electron chi connectivity index (χ2n) is 5.07. The predicted octanol–water partition coefficient (Wildman–Crippen LogP) is 4.73. The fraction of sp³-hybridized carbons (Fsp3) is 0.235. The number of oxime groups is 1. The molecule has 0 spiro atoms. The van der Waals surface area contributed by atoms with E-state index >= 15 is 0 Å². The van der Waals surface area contributed by atoms with Crippen LogP contribution in [0.25, 0.3) is 0 Å². The third kappa shape index (κ3) is 3.76. The summed E-state index contributed by atoms with van der Waals surface area (Å²) >= 11 is 6.21. The van der Waals surface area contributed by atoms with Gasteiger partial charge in [0, 0.05) is 16.1 Å². The van der Waals surface area contributed by atoms with Crippen molar-refractivity contribution in [3.05, 3.63) is 63.7 Å². The lowest BCUT2D eigenvalue weighted by Crippen LogP contribution is -2.03. The zero-order valence-electron chi connectivity index (χ0n) is 12.4. The zero-order valence-corrected chi connectivity index (χ0v) is 13.1. The zero-order chi connectivity index (χ0) is 15.4. The monoisotopic (exact) mass is 303 g/mol. The first-order valence-corrected chi connectivity index (χ1v) is 7.06. The minimum atomic E-state index is 0.369. The summed E-state index contributed by atoms with van der Waals surface area (Å²) in [6.07, 6.45) is 0. The summed E-state index contributed by atoms with van der Waals surface area (Å²) in [5.41, 5.74) is 4.41. The van der Waals surface area contributed by atoms with Crippen LogP contribution in [0.3, 0.4) is 0 Å². The Labute approximate surface area is 129 Å². The van der Waals surface area contributed by atoms with Gasteiger partial charge < -0.3 is 9.94 Å². The first-order chi connectivity index (χ1) is 10.0. The van der Waals surface area contributed by atoms with Crippen LogP contribution >= 0.6 is 11.6 Å². The van der Waals surface area contributed by atoms with Gasteiger partial charge in [-0.25, -0.2) is 0 Å². The molecule has 0 amide bonds. The third-order valence-electron chi connectivity index (χ3n) is 3.27. The summed E-state index contributed by atoms with van der Waals surface area (Å²) in [4.78, 5) is 0. The van der Waals surface area contributed by atoms with Crippen molar-refractivity contribution in [3.8, 4) is 5.75 Å². The molecule has 0 saturated heterocycles. The molecule has 0 heterocycles. The van der Waals surface area contributed by atoms with Crippen molar-refractivity contribution in [3.63, 3.8) is 0 Å². The maximum Gasteiger partial charge on any atom is 0.128 e. The van der Waals surface area contributed by atoms with Gasteiger partial charge in [-0.1, -0.05) is 40.5 Å². The highest BCUT2D eigenvalue weighted by atomic mass is 35.5. The molecule has 0 aliphatic heterocycles. The molecule has 2 aromatic carbocycles. The molecular formula is C17H18ClNO2. The Morgan fingerprint density at radius 2 is 1.81 bits per heavy atom. The Bertz CT molecular complexity index is 680. The standard InChI is InChI=1S/C17H18ClNO2/c1-11-5-7-17(15(8-11)13(3)19-20)21-10-14-6-4-12(2)9-16(14)18/h4-9,20H,10H2,1-3H3/b19-13-. The fourth-order valence-electron chi connectivity index (χ4n) is 2.03. The first-order valence-electron chi connectivity index (χ1n) is 6.69. The summed E-state index contributed by atoms with van der Waals surface area (Å²) in [6, 6.07) is 11.6. The van der Waals surface area contributed by atoms with Crippen molar-refractivity contribution in [1.29, 1.82) is 0 Å². The number of hydrogen-bond acceptors (Lipinski definition) is 3. The van der Waals surface area contributed by atoms with Crippen LogP contribution < -0.4 is 4.74 Å². The Morgan fingerprint density at radius 1 is 1.14 bits per heavy atom. The summed E-state index contributed by atoms with van der Waals surface area (Å²) in [5.74, 6) is 0.674. The molecule has 21 heavy (non-hydrogen) atoms. The van der Waals surface area contributed by atoms with E-state index in [0.717, 1.165) is 22.3 Å². The van der Waals surface area contributed by atoms with Crippen LogP contribution in [0, 0.1) is 13.8 Å². The van der Waals surface area contributed by atoms with E-state index in [9.17, 15) is 0 Å². The molecule has 0 aromatic heterocycles. The quantitative estimate of drug-likeness (QED) is 0.504. The van der Waals surface area contributed by atoms with Crippen molar-refractivity contribution in [2.24, 2.45) is 5.16 Å². The maximum atomic E-state index is 8.97. The molecule has 0 bridgehead atoms. The van der Waals surface area contributed by atoms with Crippen molar-refractivity contribution < 1.29 is 9.94 Å². The van der Waals surface area contributed by atoms with Gasteiger partial charge in [-0.3, -0.25) is 0 Å². The van der Waals surface area contributed by atoms with E-state index in [1.54, 1.807) is 6.92 Å². The Balaban J connectivity index is 2.24. The van der Waals surface area contributed by atoms with Crippen LogP contribution in [0.2, 0.25) is 5.02 Å². The van der Waals surface area contributed by atoms with Gasteiger partial charge in [-0.05, 0) is 44.5 Å². The number of aryl methyl sites for hydroxylation is 2. The highest BCUT2D eigenvalue weighted by Gasteiger charge is 2.09. The van der Waals surface area contributed by atoms with Crippen molar-refractivity contribution in [2.45, 2.75) is 27.4 Å². The van der Waals surface area contributed by atoms with Crippen molar-refractivity contribution >= 4 is 17.3 Å². The van der Waals surface area contributed by atoms with Gasteiger partial charge in [0.1, 0.15) is 12.4 Å². The average Bonchev–Trinajstić information content (AvgIpc) is 2.46. The van der Waals surface area contributed by atoms with E-state index in [4.69, 9.17) is 21.5 Å². The number of hydrogen-bond donors (Lipinski definition) is 1. The summed E-state index contributed by atoms with van der Waals surface area (Å²) in [7, 11) is 0. The molecule has 4 heteroatoms. The summed E-state index contributed by atoms with van der Waals surface area (Å²) < 4.78 is 5.85. The van der Waals surface area contributed by atoms with Crippen LogP contribution in [0.5, 0.6) is 5.75 Å². The minimum absolute atomic E-state index is 0.369. The lowest BCUT2D eigenvalue weighted by molar-refractivity contribution is 0.303. The minimum Gasteiger partial charge on any atom is -0.488 e. The predicted molar refractivity (Wildman–Crippen MR) is 85.7 cm³/mol. The van der Waals surface area contributed by atoms with Crippen LogP contribution in [-0.2, 0) is 6.61 Å². The van der Waals surface area contributed by atoms with Gasteiger partial charge >= 0.3 is 0 Å². The second kappa shape index (κ2) is 6.64. The number of rotatable bonds is 4. The average molecular weight is 304 g/mol. The van der Waals surface area contributed by atoms with Gasteiger partial charge in [0.25, 0.3) is 0 Å². The van der Waals surface area contributed by atoms with Gasteiger partial charge in [0.15, 0.2) is 0 Å². The van der Waals surface area contributed by atoms with E-state index in [0.29, 0.717) is 23.1 Å². The molecular weight excluding hydrogens is 286 g/mol. The van der Waals surface area contributed by atoms with E-state index in [1.807, 2.05) is 50.2 Å². The van der Waals surface area contributed by atoms with Gasteiger partial charge in [-0.15, -0.1) is 0 Å². The summed E-state index contributed by atoms with van der Waals surface area (Å²) in [5, 5.41) is 12.9. The molecule has 0 aliphatic rings. The molecule has 0 saturated carbocycles. The van der Waals surface area contributed by atoms with Crippen molar-refractivity contribution in [1.82, 2.24) is 0 Å². The van der Waals surface area contributed by atoms with E-state index in [1.165, 1.54) is 0 Å². The molecule has 0 fully saturated rings. The van der Waals surface area contributed by atoms with Crippen LogP contribution in [0.15, 0.2) is 41.6 Å². The molecule has 0 aliphatic carbocycles. The first kappa shape index (κ1) is 15.4. The number of ether oxygens (including phenoxy) is 1. The molecule has 2 aromatic rings. The molecule has 1 N–H and O–H groups in total. The summed E-state index contributed by atoms with van der Waals surface area (Å²) in [6.45, 7) is 6.08. The lowest BCUT2D eigenvalue weighted by Gasteiger charge is -2.13.